The second-order valence-electron chi connectivity index (χ2n) is 10.7. The van der Waals surface area contributed by atoms with Gasteiger partial charge in [0.25, 0.3) is 0 Å². The summed E-state index contributed by atoms with van der Waals surface area (Å²) in [6.07, 6.45) is 0. The molecule has 36 heavy (non-hydrogen) atoms. The van der Waals surface area contributed by atoms with Gasteiger partial charge in [0.15, 0.2) is 0 Å². The average molecular weight is 525 g/mol. The van der Waals surface area contributed by atoms with E-state index in [0.717, 1.165) is 0 Å². The summed E-state index contributed by atoms with van der Waals surface area (Å²) in [7, 11) is 0. The summed E-state index contributed by atoms with van der Waals surface area (Å²) in [5.41, 5.74) is 7.41. The molecule has 0 aliphatic carbocycles. The predicted octanol–water partition coefficient (Wildman–Crippen LogP) is 8.43. The van der Waals surface area contributed by atoms with Crippen molar-refractivity contribution >= 4 is 61.3 Å². The van der Waals surface area contributed by atoms with E-state index in [2.05, 4.69) is 142 Å². The molecule has 0 spiro atoms. The van der Waals surface area contributed by atoms with Crippen LogP contribution in [0.4, 0.5) is 0 Å². The van der Waals surface area contributed by atoms with Gasteiger partial charge in [0.05, 0.1) is 0 Å². The molecule has 0 amide bonds. The topological polar surface area (TPSA) is 9.86 Å². The van der Waals surface area contributed by atoms with Crippen LogP contribution in [-0.2, 0) is 0 Å². The molecule has 0 fully saturated rings. The molecule has 0 radical (unpaired) electrons. The number of hydrogen-bond donors (Lipinski definition) is 0. The summed E-state index contributed by atoms with van der Waals surface area (Å²) in [5.74, 6) is 7.36. The number of para-hydroxylation sites is 3. The quantitative estimate of drug-likeness (QED) is 0.205. The number of rotatable bonds is 3. The van der Waals surface area contributed by atoms with E-state index in [0.29, 0.717) is 0 Å². The summed E-state index contributed by atoms with van der Waals surface area (Å²) in [6, 6.07) is 42.3. The van der Waals surface area contributed by atoms with Crippen LogP contribution >= 0.6 is 0 Å². The minimum atomic E-state index is -1.88. The Kier molecular flexibility index (Phi) is 4.71. The Balaban J connectivity index is 1.63. The Hall–Kier alpha value is -3.76. The van der Waals surface area contributed by atoms with E-state index in [-0.39, 0.29) is 0 Å². The van der Waals surface area contributed by atoms with Crippen LogP contribution < -0.4 is 4.40 Å². The summed E-state index contributed by atoms with van der Waals surface area (Å²) >= 11 is -1.88. The molecule has 0 atom stereocenters. The van der Waals surface area contributed by atoms with Crippen LogP contribution in [0.1, 0.15) is 0 Å². The molecule has 2 aromatic heterocycles. The van der Waals surface area contributed by atoms with Crippen LogP contribution in [0.15, 0.2) is 115 Å². The third-order valence-corrected chi connectivity index (χ3v) is 11.8. The van der Waals surface area contributed by atoms with Gasteiger partial charge < -0.3 is 0 Å². The second kappa shape index (κ2) is 7.87. The van der Waals surface area contributed by atoms with Crippen LogP contribution in [-0.4, -0.2) is 22.4 Å². The van der Waals surface area contributed by atoms with Crippen molar-refractivity contribution < 1.29 is 0 Å². The Labute approximate surface area is 213 Å². The Morgan fingerprint density at radius 3 is 1.36 bits per heavy atom. The van der Waals surface area contributed by atoms with Crippen molar-refractivity contribution in [3.63, 3.8) is 0 Å². The molecule has 0 saturated heterocycles. The third kappa shape index (κ3) is 3.11. The normalized spacial score (nSPS) is 12.3. The van der Waals surface area contributed by atoms with E-state index in [1.165, 1.54) is 59.4 Å². The molecule has 2 nitrogen and oxygen atoms in total. The number of benzene rings is 5. The molecule has 0 aliphatic rings. The van der Waals surface area contributed by atoms with Gasteiger partial charge in [0.2, 0.25) is 0 Å². The third-order valence-electron chi connectivity index (χ3n) is 7.48. The molecule has 7 rings (SSSR count). The van der Waals surface area contributed by atoms with Crippen molar-refractivity contribution in [2.24, 2.45) is 0 Å². The van der Waals surface area contributed by atoms with E-state index in [4.69, 9.17) is 0 Å². The van der Waals surface area contributed by atoms with Crippen LogP contribution in [0.3, 0.4) is 0 Å². The first-order chi connectivity index (χ1) is 17.5. The number of nitrogens with zero attached hydrogens (tertiary/aromatic N) is 2. The fourth-order valence-corrected chi connectivity index (χ4v) is 8.21. The average Bonchev–Trinajstić information content (AvgIpc) is 3.41. The summed E-state index contributed by atoms with van der Waals surface area (Å²) < 4.78 is 6.38. The van der Waals surface area contributed by atoms with Crippen molar-refractivity contribution in [1.29, 1.82) is 0 Å². The van der Waals surface area contributed by atoms with Crippen LogP contribution in [0.5, 0.6) is 0 Å². The summed E-state index contributed by atoms with van der Waals surface area (Å²) in [6.45, 7) is 0. The first-order valence-corrected chi connectivity index (χ1v) is 20.0. The Bertz CT molecular complexity index is 1900. The van der Waals surface area contributed by atoms with E-state index in [1.807, 2.05) is 0 Å². The van der Waals surface area contributed by atoms with Gasteiger partial charge in [-0.25, -0.2) is 0 Å². The van der Waals surface area contributed by atoms with Gasteiger partial charge in [0.1, 0.15) is 0 Å². The molecule has 0 bridgehead atoms. The fourth-order valence-electron chi connectivity index (χ4n) is 5.76. The van der Waals surface area contributed by atoms with Crippen molar-refractivity contribution in [2.75, 3.05) is 0 Å². The molecule has 0 saturated carbocycles. The maximum absolute atomic E-state index is 2.45. The van der Waals surface area contributed by atoms with Crippen molar-refractivity contribution in [1.82, 2.24) is 9.13 Å². The first kappa shape index (κ1) is 21.5. The van der Waals surface area contributed by atoms with Gasteiger partial charge >= 0.3 is 196 Å². The zero-order chi connectivity index (χ0) is 24.4. The van der Waals surface area contributed by atoms with Gasteiger partial charge in [-0.15, -0.1) is 0 Å². The van der Waals surface area contributed by atoms with Gasteiger partial charge in [-0.1, -0.05) is 18.2 Å². The summed E-state index contributed by atoms with van der Waals surface area (Å²) in [5, 5.41) is 5.24. The van der Waals surface area contributed by atoms with Crippen LogP contribution in [0, 0.1) is 0 Å². The molecule has 5 aromatic carbocycles. The SMILES string of the molecule is [CH3][Ge]([CH3])([CH3])[c]1ccc(-n2c3ccccc3c3c4c5ccccc5n(-c5ccccc5)c4ccc32)cc1. The minimum absolute atomic E-state index is 1.19. The molecule has 2 heterocycles. The van der Waals surface area contributed by atoms with E-state index >= 15 is 0 Å². The van der Waals surface area contributed by atoms with Gasteiger partial charge in [-0.2, -0.15) is 0 Å². The zero-order valence-corrected chi connectivity index (χ0v) is 23.0. The first-order valence-electron chi connectivity index (χ1n) is 12.6. The van der Waals surface area contributed by atoms with E-state index in [1.54, 1.807) is 0 Å². The Morgan fingerprint density at radius 2 is 0.861 bits per heavy atom. The van der Waals surface area contributed by atoms with E-state index < -0.39 is 13.3 Å². The van der Waals surface area contributed by atoms with Gasteiger partial charge in [-0.3, -0.25) is 0 Å². The monoisotopic (exact) mass is 526 g/mol. The molecule has 174 valence electrons. The van der Waals surface area contributed by atoms with Crippen LogP contribution in [0.2, 0.25) is 17.3 Å². The van der Waals surface area contributed by atoms with Gasteiger partial charge in [0, 0.05) is 0 Å². The van der Waals surface area contributed by atoms with E-state index in [9.17, 15) is 0 Å². The maximum atomic E-state index is 2.45. The predicted molar refractivity (Wildman–Crippen MR) is 158 cm³/mol. The molecule has 0 unspecified atom stereocenters. The zero-order valence-electron chi connectivity index (χ0n) is 20.9. The molecule has 7 aromatic rings. The van der Waals surface area contributed by atoms with Crippen molar-refractivity contribution in [2.45, 2.75) is 17.3 Å². The standard InChI is InChI=1S/C33H28GeN2/c1-34(2,3)23-17-19-25(20-18-23)36-29-16-10-8-14-27(29)33-31(36)22-21-30-32(33)26-13-7-9-15-28(26)35(30)24-11-5-4-6-12-24/h4-22H,1-3H3. The fraction of sp³-hybridized carbons (Fsp3) is 0.0909. The Morgan fingerprint density at radius 1 is 0.417 bits per heavy atom. The molecule has 0 N–H and O–H groups in total. The second-order valence-corrected chi connectivity index (χ2v) is 21.3. The molecule has 0 aliphatic heterocycles. The van der Waals surface area contributed by atoms with Crippen LogP contribution in [0.25, 0.3) is 55.0 Å². The summed E-state index contributed by atoms with van der Waals surface area (Å²) in [4.78, 5) is 0. The number of hydrogen-bond acceptors (Lipinski definition) is 0. The number of aromatic nitrogens is 2. The molecular formula is C33H28GeN2. The molecular weight excluding hydrogens is 497 g/mol. The van der Waals surface area contributed by atoms with Gasteiger partial charge in [-0.05, 0) is 0 Å². The van der Waals surface area contributed by atoms with Crippen molar-refractivity contribution in [3.05, 3.63) is 115 Å². The molecule has 3 heteroatoms. The van der Waals surface area contributed by atoms with Crippen molar-refractivity contribution in [3.8, 4) is 11.4 Å². The number of fused-ring (bicyclic) bond motifs is 7.